The zero-order valence-electron chi connectivity index (χ0n) is 5.57. The van der Waals surface area contributed by atoms with Crippen molar-refractivity contribution in [2.45, 2.75) is 0 Å². The summed E-state index contributed by atoms with van der Waals surface area (Å²) in [5, 5.41) is -0.996. The molecule has 0 bridgehead atoms. The van der Waals surface area contributed by atoms with Crippen molar-refractivity contribution >= 4 is 44.4 Å². The minimum absolute atomic E-state index is 0.123. The lowest BCUT2D eigenvalue weighted by molar-refractivity contribution is 0.107. The molecule has 0 aliphatic rings. The summed E-state index contributed by atoms with van der Waals surface area (Å²) in [7, 11) is 0. The van der Waals surface area contributed by atoms with Crippen molar-refractivity contribution in [1.29, 1.82) is 0 Å². The van der Waals surface area contributed by atoms with Gasteiger partial charge in [0.2, 0.25) is 0 Å². The minimum Gasteiger partial charge on any atom is -0.275 e. The topological polar surface area (TPSA) is 17.1 Å². The SMILES string of the molecule is O=C(Cl)c1c(Br)ccc(Cl)c1F. The Morgan fingerprint density at radius 2 is 2.08 bits per heavy atom. The summed E-state index contributed by atoms with van der Waals surface area (Å²) < 4.78 is 13.3. The molecule has 0 spiro atoms. The Morgan fingerprint density at radius 1 is 1.50 bits per heavy atom. The highest BCUT2D eigenvalue weighted by atomic mass is 79.9. The number of rotatable bonds is 1. The highest BCUT2D eigenvalue weighted by Crippen LogP contribution is 2.26. The van der Waals surface area contributed by atoms with Gasteiger partial charge in [0, 0.05) is 4.47 Å². The Balaban J connectivity index is 3.43. The van der Waals surface area contributed by atoms with Crippen LogP contribution in [0.4, 0.5) is 4.39 Å². The molecule has 0 aliphatic carbocycles. The second-order valence-electron chi connectivity index (χ2n) is 1.99. The van der Waals surface area contributed by atoms with Crippen LogP contribution >= 0.6 is 39.1 Å². The number of hydrogen-bond acceptors (Lipinski definition) is 1. The molecule has 12 heavy (non-hydrogen) atoms. The molecule has 0 fully saturated rings. The summed E-state index contributed by atoms with van der Waals surface area (Å²) in [6, 6.07) is 2.80. The van der Waals surface area contributed by atoms with Gasteiger partial charge in [0.1, 0.15) is 0 Å². The molecule has 5 heteroatoms. The van der Waals surface area contributed by atoms with Crippen molar-refractivity contribution in [1.82, 2.24) is 0 Å². The average molecular weight is 272 g/mol. The molecular formula is C7H2BrCl2FO. The van der Waals surface area contributed by atoms with Crippen LogP contribution in [0.5, 0.6) is 0 Å². The van der Waals surface area contributed by atoms with Crippen LogP contribution in [0.25, 0.3) is 0 Å². The van der Waals surface area contributed by atoms with Gasteiger partial charge in [-0.25, -0.2) is 4.39 Å². The molecule has 0 radical (unpaired) electrons. The van der Waals surface area contributed by atoms with Gasteiger partial charge in [-0.3, -0.25) is 4.79 Å². The quantitative estimate of drug-likeness (QED) is 0.563. The number of benzene rings is 1. The van der Waals surface area contributed by atoms with Crippen LogP contribution in [-0.4, -0.2) is 5.24 Å². The first-order chi connectivity index (χ1) is 5.54. The van der Waals surface area contributed by atoms with Gasteiger partial charge >= 0.3 is 0 Å². The van der Waals surface area contributed by atoms with Crippen molar-refractivity contribution in [2.75, 3.05) is 0 Å². The van der Waals surface area contributed by atoms with E-state index in [1.165, 1.54) is 12.1 Å². The van der Waals surface area contributed by atoms with Crippen LogP contribution in [0.15, 0.2) is 16.6 Å². The average Bonchev–Trinajstić information content (AvgIpc) is 1.97. The molecule has 0 saturated carbocycles. The predicted molar refractivity (Wildman–Crippen MR) is 49.3 cm³/mol. The van der Waals surface area contributed by atoms with E-state index >= 15 is 0 Å². The van der Waals surface area contributed by atoms with E-state index in [4.69, 9.17) is 23.2 Å². The number of hydrogen-bond donors (Lipinski definition) is 0. The Bertz CT molecular complexity index is 340. The van der Waals surface area contributed by atoms with E-state index < -0.39 is 11.1 Å². The van der Waals surface area contributed by atoms with Gasteiger partial charge in [-0.05, 0) is 39.7 Å². The molecule has 1 rings (SSSR count). The van der Waals surface area contributed by atoms with E-state index in [9.17, 15) is 9.18 Å². The van der Waals surface area contributed by atoms with Gasteiger partial charge in [0.15, 0.2) is 5.82 Å². The smallest absolute Gasteiger partial charge is 0.256 e. The monoisotopic (exact) mass is 270 g/mol. The van der Waals surface area contributed by atoms with Crippen molar-refractivity contribution in [2.24, 2.45) is 0 Å². The standard InChI is InChI=1S/C7H2BrCl2FO/c8-3-1-2-4(9)6(11)5(3)7(10)12/h1-2H. The van der Waals surface area contributed by atoms with Crippen molar-refractivity contribution in [3.05, 3.63) is 33.0 Å². The molecule has 0 heterocycles. The number of halogens is 4. The summed E-state index contributed by atoms with van der Waals surface area (Å²) in [5.41, 5.74) is -0.232. The molecule has 1 aromatic rings. The van der Waals surface area contributed by atoms with E-state index in [0.717, 1.165) is 0 Å². The van der Waals surface area contributed by atoms with E-state index in [-0.39, 0.29) is 10.6 Å². The molecule has 0 N–H and O–H groups in total. The van der Waals surface area contributed by atoms with Crippen LogP contribution in [0.2, 0.25) is 5.02 Å². The summed E-state index contributed by atoms with van der Waals surface area (Å²) in [6.45, 7) is 0. The maximum Gasteiger partial charge on any atom is 0.256 e. The van der Waals surface area contributed by atoms with Gasteiger partial charge in [-0.1, -0.05) is 11.6 Å². The van der Waals surface area contributed by atoms with Gasteiger partial charge in [-0.2, -0.15) is 0 Å². The summed E-state index contributed by atoms with van der Waals surface area (Å²) in [4.78, 5) is 10.7. The first-order valence-electron chi connectivity index (χ1n) is 2.87. The Hall–Kier alpha value is -0.120. The minimum atomic E-state index is -0.873. The van der Waals surface area contributed by atoms with E-state index in [1.54, 1.807) is 0 Å². The van der Waals surface area contributed by atoms with Crippen LogP contribution in [0.3, 0.4) is 0 Å². The van der Waals surface area contributed by atoms with Gasteiger partial charge in [-0.15, -0.1) is 0 Å². The van der Waals surface area contributed by atoms with Crippen molar-refractivity contribution in [3.8, 4) is 0 Å². The summed E-state index contributed by atoms with van der Waals surface area (Å²) in [5.74, 6) is -0.800. The number of carbonyl (C=O) groups is 1. The van der Waals surface area contributed by atoms with Crippen molar-refractivity contribution < 1.29 is 9.18 Å². The van der Waals surface area contributed by atoms with E-state index in [2.05, 4.69) is 15.9 Å². The Morgan fingerprint density at radius 3 is 2.50 bits per heavy atom. The number of carbonyl (C=O) groups excluding carboxylic acids is 1. The molecule has 0 amide bonds. The molecule has 1 nitrogen and oxygen atoms in total. The lowest BCUT2D eigenvalue weighted by Gasteiger charge is -2.01. The van der Waals surface area contributed by atoms with Crippen LogP contribution < -0.4 is 0 Å². The van der Waals surface area contributed by atoms with E-state index in [0.29, 0.717) is 4.47 Å². The fraction of sp³-hybridized carbons (Fsp3) is 0. The Labute approximate surface area is 86.6 Å². The molecule has 0 saturated heterocycles. The molecular weight excluding hydrogens is 270 g/mol. The van der Waals surface area contributed by atoms with Crippen LogP contribution in [0, 0.1) is 5.82 Å². The van der Waals surface area contributed by atoms with Gasteiger partial charge in [0.05, 0.1) is 10.6 Å². The molecule has 64 valence electrons. The maximum atomic E-state index is 13.0. The second kappa shape index (κ2) is 3.73. The first-order valence-corrected chi connectivity index (χ1v) is 4.42. The van der Waals surface area contributed by atoms with Crippen LogP contribution in [0.1, 0.15) is 10.4 Å². The van der Waals surface area contributed by atoms with Crippen LogP contribution in [-0.2, 0) is 0 Å². The maximum absolute atomic E-state index is 13.0. The second-order valence-corrected chi connectivity index (χ2v) is 3.60. The zero-order chi connectivity index (χ0) is 9.30. The Kier molecular flexibility index (Phi) is 3.09. The third kappa shape index (κ3) is 1.79. The normalized spacial score (nSPS) is 10.0. The molecule has 0 aliphatic heterocycles. The molecule has 0 unspecified atom stereocenters. The third-order valence-corrected chi connectivity index (χ3v) is 2.38. The summed E-state index contributed by atoms with van der Waals surface area (Å²) >= 11 is 13.5. The van der Waals surface area contributed by atoms with Gasteiger partial charge in [0.25, 0.3) is 5.24 Å². The first kappa shape index (κ1) is 9.96. The fourth-order valence-electron chi connectivity index (χ4n) is 0.707. The molecule has 0 aromatic heterocycles. The lowest BCUT2D eigenvalue weighted by Crippen LogP contribution is -1.96. The molecule has 0 atom stereocenters. The lowest BCUT2D eigenvalue weighted by atomic mass is 10.2. The van der Waals surface area contributed by atoms with Gasteiger partial charge < -0.3 is 0 Å². The molecule has 1 aromatic carbocycles. The fourth-order valence-corrected chi connectivity index (χ4v) is 1.65. The largest absolute Gasteiger partial charge is 0.275 e. The predicted octanol–water partition coefficient (Wildman–Crippen LogP) is 3.62. The zero-order valence-corrected chi connectivity index (χ0v) is 8.67. The van der Waals surface area contributed by atoms with E-state index in [1.807, 2.05) is 0 Å². The summed E-state index contributed by atoms with van der Waals surface area (Å²) in [6.07, 6.45) is 0. The van der Waals surface area contributed by atoms with Crippen molar-refractivity contribution in [3.63, 3.8) is 0 Å². The third-order valence-electron chi connectivity index (χ3n) is 1.24. The highest BCUT2D eigenvalue weighted by Gasteiger charge is 2.15. The highest BCUT2D eigenvalue weighted by molar-refractivity contribution is 9.10.